The molecule has 8 heteroatoms. The molecular formula is C19H20N4O3S. The van der Waals surface area contributed by atoms with E-state index in [1.165, 1.54) is 6.20 Å². The molecule has 0 amide bonds. The Morgan fingerprint density at radius 3 is 2.59 bits per heavy atom. The molecule has 0 aliphatic carbocycles. The number of sulfone groups is 1. The summed E-state index contributed by atoms with van der Waals surface area (Å²) in [5.41, 5.74) is 3.93. The molecule has 1 aromatic carbocycles. The molecule has 3 aromatic rings. The first-order valence-corrected chi connectivity index (χ1v) is 10.7. The van der Waals surface area contributed by atoms with E-state index >= 15 is 0 Å². The lowest BCUT2D eigenvalue weighted by atomic mass is 10.00. The first-order valence-electron chi connectivity index (χ1n) is 8.76. The van der Waals surface area contributed by atoms with Crippen LogP contribution in [-0.4, -0.2) is 34.0 Å². The lowest BCUT2D eigenvalue weighted by molar-refractivity contribution is 0.590. The number of rotatable bonds is 4. The van der Waals surface area contributed by atoms with E-state index in [-0.39, 0.29) is 10.7 Å². The fraction of sp³-hybridized carbons (Fsp3) is 0.316. The molecule has 7 nitrogen and oxygen atoms in total. The highest BCUT2D eigenvalue weighted by atomic mass is 32.2. The maximum absolute atomic E-state index is 13.0. The topological polar surface area (TPSA) is 86.8 Å². The first kappa shape index (κ1) is 17.7. The summed E-state index contributed by atoms with van der Waals surface area (Å²) in [5, 5.41) is -0.229. The zero-order valence-electron chi connectivity index (χ0n) is 15.2. The summed E-state index contributed by atoms with van der Waals surface area (Å²) in [6.45, 7) is 3.38. The molecule has 0 fully saturated rings. The predicted molar refractivity (Wildman–Crippen MR) is 101 cm³/mol. The van der Waals surface area contributed by atoms with Gasteiger partial charge >= 0.3 is 0 Å². The third-order valence-corrected chi connectivity index (χ3v) is 5.76. The molecule has 0 radical (unpaired) electrons. The third kappa shape index (κ3) is 3.10. The number of benzene rings is 1. The summed E-state index contributed by atoms with van der Waals surface area (Å²) in [4.78, 5) is 21.2. The van der Waals surface area contributed by atoms with Crippen molar-refractivity contribution in [1.29, 1.82) is 0 Å². The lowest BCUT2D eigenvalue weighted by Crippen LogP contribution is -2.19. The van der Waals surface area contributed by atoms with Gasteiger partial charge in [0.25, 0.3) is 5.56 Å². The zero-order chi connectivity index (χ0) is 19.2. The highest BCUT2D eigenvalue weighted by Gasteiger charge is 2.26. The summed E-state index contributed by atoms with van der Waals surface area (Å²) >= 11 is 0. The third-order valence-electron chi connectivity index (χ3n) is 4.90. The van der Waals surface area contributed by atoms with Crippen molar-refractivity contribution < 1.29 is 8.42 Å². The Bertz CT molecular complexity index is 1190. The van der Waals surface area contributed by atoms with Crippen LogP contribution in [0.15, 0.2) is 46.5 Å². The van der Waals surface area contributed by atoms with Crippen LogP contribution in [0.1, 0.15) is 23.1 Å². The van der Waals surface area contributed by atoms with Gasteiger partial charge in [-0.1, -0.05) is 24.3 Å². The maximum Gasteiger partial charge on any atom is 0.270 e. The Morgan fingerprint density at radius 2 is 1.85 bits per heavy atom. The minimum atomic E-state index is -3.54. The molecule has 0 atom stereocenters. The van der Waals surface area contributed by atoms with Gasteiger partial charge < -0.3 is 0 Å². The SMILES string of the molecule is Cc1ccccc1Cc1c(-c2ccnc(S(C)(=O)=O)n2)n2n(c1=O)CCC2. The van der Waals surface area contributed by atoms with Gasteiger partial charge in [0.2, 0.25) is 15.0 Å². The Labute approximate surface area is 157 Å². The molecular weight excluding hydrogens is 364 g/mol. The Hall–Kier alpha value is -2.74. The van der Waals surface area contributed by atoms with E-state index in [4.69, 9.17) is 0 Å². The average molecular weight is 384 g/mol. The summed E-state index contributed by atoms with van der Waals surface area (Å²) in [7, 11) is -3.54. The second kappa shape index (κ2) is 6.45. The number of aromatic nitrogens is 4. The van der Waals surface area contributed by atoms with Crippen molar-refractivity contribution in [1.82, 2.24) is 19.3 Å². The number of hydrogen-bond donors (Lipinski definition) is 0. The average Bonchev–Trinajstić information content (AvgIpc) is 3.19. The second-order valence-electron chi connectivity index (χ2n) is 6.83. The van der Waals surface area contributed by atoms with Gasteiger partial charge in [0.15, 0.2) is 0 Å². The molecule has 0 saturated carbocycles. The second-order valence-corrected chi connectivity index (χ2v) is 8.74. The Balaban J connectivity index is 1.92. The summed E-state index contributed by atoms with van der Waals surface area (Å²) in [6.07, 6.45) is 3.86. The predicted octanol–water partition coefficient (Wildman–Crippen LogP) is 1.81. The van der Waals surface area contributed by atoms with Gasteiger partial charge in [0.05, 0.1) is 17.0 Å². The number of aryl methyl sites for hydroxylation is 1. The monoisotopic (exact) mass is 384 g/mol. The van der Waals surface area contributed by atoms with Crippen molar-refractivity contribution in [3.05, 3.63) is 63.6 Å². The molecule has 0 N–H and O–H groups in total. The van der Waals surface area contributed by atoms with Crippen LogP contribution in [-0.2, 0) is 29.3 Å². The van der Waals surface area contributed by atoms with Crippen molar-refractivity contribution in [2.24, 2.45) is 0 Å². The van der Waals surface area contributed by atoms with Gasteiger partial charge in [-0.15, -0.1) is 0 Å². The Kier molecular flexibility index (Phi) is 4.22. The fourth-order valence-electron chi connectivity index (χ4n) is 3.56. The van der Waals surface area contributed by atoms with Gasteiger partial charge in [0, 0.05) is 32.0 Å². The molecule has 0 saturated heterocycles. The van der Waals surface area contributed by atoms with E-state index in [1.807, 2.05) is 35.9 Å². The molecule has 0 bridgehead atoms. The van der Waals surface area contributed by atoms with Crippen molar-refractivity contribution in [3.8, 4) is 11.4 Å². The number of nitrogens with zero attached hydrogens (tertiary/aromatic N) is 4. The summed E-state index contributed by atoms with van der Waals surface area (Å²) in [5.74, 6) is 0. The van der Waals surface area contributed by atoms with Crippen LogP contribution < -0.4 is 5.56 Å². The highest BCUT2D eigenvalue weighted by Crippen LogP contribution is 2.27. The minimum Gasteiger partial charge on any atom is -0.280 e. The van der Waals surface area contributed by atoms with Crippen molar-refractivity contribution in [3.63, 3.8) is 0 Å². The van der Waals surface area contributed by atoms with Crippen LogP contribution in [0.4, 0.5) is 0 Å². The highest BCUT2D eigenvalue weighted by molar-refractivity contribution is 7.90. The van der Waals surface area contributed by atoms with Gasteiger partial charge in [-0.25, -0.2) is 23.1 Å². The molecule has 4 rings (SSSR count). The normalized spacial score (nSPS) is 13.7. The maximum atomic E-state index is 13.0. The molecule has 0 unspecified atom stereocenters. The van der Waals surface area contributed by atoms with Gasteiger partial charge in [-0.05, 0) is 30.5 Å². The quantitative estimate of drug-likeness (QED) is 0.641. The molecule has 2 aromatic heterocycles. The molecule has 1 aliphatic heterocycles. The Morgan fingerprint density at radius 1 is 1.11 bits per heavy atom. The minimum absolute atomic E-state index is 0.0368. The lowest BCUT2D eigenvalue weighted by Gasteiger charge is -2.09. The standard InChI is InChI=1S/C19H20N4O3S/c1-13-6-3-4-7-14(13)12-15-17(22-10-5-11-23(22)18(15)24)16-8-9-20-19(21-16)27(2,25)26/h3-4,6-9H,5,10-12H2,1-2H3. The van der Waals surface area contributed by atoms with E-state index in [2.05, 4.69) is 9.97 Å². The first-order chi connectivity index (χ1) is 12.9. The van der Waals surface area contributed by atoms with Crippen LogP contribution in [0.5, 0.6) is 0 Å². The van der Waals surface area contributed by atoms with Gasteiger partial charge in [0.1, 0.15) is 0 Å². The van der Waals surface area contributed by atoms with Crippen LogP contribution in [0.25, 0.3) is 11.4 Å². The zero-order valence-corrected chi connectivity index (χ0v) is 16.0. The van der Waals surface area contributed by atoms with Crippen LogP contribution in [0.2, 0.25) is 0 Å². The van der Waals surface area contributed by atoms with E-state index in [9.17, 15) is 13.2 Å². The van der Waals surface area contributed by atoms with Crippen molar-refractivity contribution >= 4 is 9.84 Å². The van der Waals surface area contributed by atoms with E-state index in [0.29, 0.717) is 36.5 Å². The summed E-state index contributed by atoms with van der Waals surface area (Å²) in [6, 6.07) is 9.61. The smallest absolute Gasteiger partial charge is 0.270 e. The molecule has 27 heavy (non-hydrogen) atoms. The van der Waals surface area contributed by atoms with Gasteiger partial charge in [-0.2, -0.15) is 0 Å². The molecule has 3 heterocycles. The largest absolute Gasteiger partial charge is 0.280 e. The number of hydrogen-bond acceptors (Lipinski definition) is 5. The van der Waals surface area contributed by atoms with E-state index in [0.717, 1.165) is 23.8 Å². The van der Waals surface area contributed by atoms with E-state index in [1.54, 1.807) is 10.7 Å². The summed E-state index contributed by atoms with van der Waals surface area (Å²) < 4.78 is 27.4. The van der Waals surface area contributed by atoms with Crippen LogP contribution in [0, 0.1) is 6.92 Å². The molecule has 1 aliphatic rings. The van der Waals surface area contributed by atoms with Gasteiger partial charge in [-0.3, -0.25) is 9.48 Å². The fourth-order valence-corrected chi connectivity index (χ4v) is 4.08. The van der Waals surface area contributed by atoms with Crippen LogP contribution >= 0.6 is 0 Å². The van der Waals surface area contributed by atoms with Crippen LogP contribution in [0.3, 0.4) is 0 Å². The van der Waals surface area contributed by atoms with Crippen molar-refractivity contribution in [2.45, 2.75) is 38.0 Å². The molecule has 140 valence electrons. The number of fused-ring (bicyclic) bond motifs is 1. The van der Waals surface area contributed by atoms with Crippen molar-refractivity contribution in [2.75, 3.05) is 6.26 Å². The molecule has 0 spiro atoms. The van der Waals surface area contributed by atoms with E-state index < -0.39 is 9.84 Å².